The number of hydrogen-bond donors (Lipinski definition) is 2. The Bertz CT molecular complexity index is 921. The molecule has 1 aliphatic rings. The van der Waals surface area contributed by atoms with Gasteiger partial charge in [-0.25, -0.2) is 9.38 Å². The molecule has 32 heavy (non-hydrogen) atoms. The van der Waals surface area contributed by atoms with E-state index in [1.165, 1.54) is 25.3 Å². The molecule has 1 fully saturated rings. The molecular formula is C22H28FIN4O4. The van der Waals surface area contributed by atoms with Crippen molar-refractivity contribution in [1.29, 1.82) is 0 Å². The second kappa shape index (κ2) is 12.5. The van der Waals surface area contributed by atoms with Crippen molar-refractivity contribution >= 4 is 35.6 Å². The van der Waals surface area contributed by atoms with E-state index in [1.807, 2.05) is 6.92 Å². The Morgan fingerprint density at radius 2 is 2.09 bits per heavy atom. The maximum atomic E-state index is 14.1. The van der Waals surface area contributed by atoms with Crippen molar-refractivity contribution in [2.45, 2.75) is 38.5 Å². The summed E-state index contributed by atoms with van der Waals surface area (Å²) >= 11 is 0. The molecule has 2 atom stereocenters. The Labute approximate surface area is 203 Å². The molecule has 1 heterocycles. The zero-order chi connectivity index (χ0) is 22.2. The number of rotatable bonds is 8. The molecule has 2 unspecified atom stereocenters. The second-order valence-electron chi connectivity index (χ2n) is 7.36. The van der Waals surface area contributed by atoms with Gasteiger partial charge >= 0.3 is 0 Å². The highest BCUT2D eigenvalue weighted by Gasteiger charge is 2.17. The van der Waals surface area contributed by atoms with E-state index >= 15 is 0 Å². The first-order valence-corrected chi connectivity index (χ1v) is 10.2. The van der Waals surface area contributed by atoms with Gasteiger partial charge < -0.3 is 20.1 Å². The molecule has 1 aliphatic heterocycles. The van der Waals surface area contributed by atoms with Gasteiger partial charge in [-0.2, -0.15) is 0 Å². The predicted molar refractivity (Wildman–Crippen MR) is 131 cm³/mol. The van der Waals surface area contributed by atoms with Crippen molar-refractivity contribution in [2.75, 3.05) is 20.3 Å². The lowest BCUT2D eigenvalue weighted by Crippen LogP contribution is -2.42. The van der Waals surface area contributed by atoms with Crippen molar-refractivity contribution in [3.63, 3.8) is 0 Å². The highest BCUT2D eigenvalue weighted by Crippen LogP contribution is 2.22. The largest absolute Gasteiger partial charge is 0.494 e. The van der Waals surface area contributed by atoms with Crippen molar-refractivity contribution in [2.24, 2.45) is 4.99 Å². The summed E-state index contributed by atoms with van der Waals surface area (Å²) in [7, 11) is 1.43. The lowest BCUT2D eigenvalue weighted by atomic mass is 10.1. The van der Waals surface area contributed by atoms with E-state index in [0.29, 0.717) is 19.0 Å². The SMILES string of the molecule is COc1ccc(C(C)NC(=NCc2ccc([N+](=O)[O-])cc2)NCC2CCCO2)cc1F.I. The molecule has 10 heteroatoms. The van der Waals surface area contributed by atoms with Crippen LogP contribution >= 0.6 is 24.0 Å². The van der Waals surface area contributed by atoms with Crippen molar-refractivity contribution in [3.05, 3.63) is 69.5 Å². The van der Waals surface area contributed by atoms with E-state index in [-0.39, 0.29) is 47.6 Å². The second-order valence-corrected chi connectivity index (χ2v) is 7.36. The molecule has 0 amide bonds. The minimum absolute atomic E-state index is 0. The fraction of sp³-hybridized carbons (Fsp3) is 0.409. The fourth-order valence-electron chi connectivity index (χ4n) is 3.30. The van der Waals surface area contributed by atoms with Gasteiger partial charge in [0, 0.05) is 25.3 Å². The van der Waals surface area contributed by atoms with Crippen LogP contribution in [0.4, 0.5) is 10.1 Å². The summed E-state index contributed by atoms with van der Waals surface area (Å²) in [6.45, 7) is 3.62. The van der Waals surface area contributed by atoms with Crippen LogP contribution in [-0.4, -0.2) is 37.2 Å². The number of ether oxygens (including phenoxy) is 2. The van der Waals surface area contributed by atoms with Gasteiger partial charge in [0.05, 0.1) is 30.7 Å². The molecule has 174 valence electrons. The quantitative estimate of drug-likeness (QED) is 0.165. The molecule has 1 saturated heterocycles. The number of guanidine groups is 1. The van der Waals surface area contributed by atoms with Crippen LogP contribution < -0.4 is 15.4 Å². The Hall–Kier alpha value is -2.47. The van der Waals surface area contributed by atoms with Gasteiger partial charge in [-0.3, -0.25) is 10.1 Å². The Balaban J connectivity index is 0.00000363. The highest BCUT2D eigenvalue weighted by molar-refractivity contribution is 14.0. The van der Waals surface area contributed by atoms with Gasteiger partial charge in [0.2, 0.25) is 0 Å². The molecule has 2 aromatic rings. The number of non-ortho nitro benzene ring substituents is 1. The molecule has 0 radical (unpaired) electrons. The molecule has 0 spiro atoms. The van der Waals surface area contributed by atoms with Crippen LogP contribution in [0.25, 0.3) is 0 Å². The van der Waals surface area contributed by atoms with Gasteiger partial charge in [-0.1, -0.05) is 18.2 Å². The number of nitro benzene ring substituents is 1. The van der Waals surface area contributed by atoms with Crippen LogP contribution in [0, 0.1) is 15.9 Å². The van der Waals surface area contributed by atoms with Crippen LogP contribution in [0.5, 0.6) is 5.75 Å². The summed E-state index contributed by atoms with van der Waals surface area (Å²) in [6, 6.07) is 10.9. The molecular weight excluding hydrogens is 530 g/mol. The Kier molecular flexibility index (Phi) is 10.1. The summed E-state index contributed by atoms with van der Waals surface area (Å²) in [6.07, 6.45) is 2.15. The normalized spacial score (nSPS) is 16.7. The average molecular weight is 558 g/mol. The summed E-state index contributed by atoms with van der Waals surface area (Å²) in [5, 5.41) is 17.4. The molecule has 2 aromatic carbocycles. The number of aliphatic imine (C=N–C) groups is 1. The number of hydrogen-bond acceptors (Lipinski definition) is 5. The maximum Gasteiger partial charge on any atom is 0.269 e. The molecule has 0 aromatic heterocycles. The average Bonchev–Trinajstić information content (AvgIpc) is 3.29. The zero-order valence-corrected chi connectivity index (χ0v) is 20.4. The lowest BCUT2D eigenvalue weighted by Gasteiger charge is -2.20. The first-order valence-electron chi connectivity index (χ1n) is 10.2. The minimum atomic E-state index is -0.432. The Morgan fingerprint density at radius 3 is 2.69 bits per heavy atom. The van der Waals surface area contributed by atoms with Gasteiger partial charge in [0.15, 0.2) is 17.5 Å². The monoisotopic (exact) mass is 558 g/mol. The van der Waals surface area contributed by atoms with E-state index in [2.05, 4.69) is 15.6 Å². The van der Waals surface area contributed by atoms with Crippen LogP contribution in [0.15, 0.2) is 47.5 Å². The van der Waals surface area contributed by atoms with Gasteiger partial charge in [-0.05, 0) is 43.0 Å². The molecule has 0 aliphatic carbocycles. The first kappa shape index (κ1) is 25.8. The topological polar surface area (TPSA) is 98.0 Å². The number of nitrogens with one attached hydrogen (secondary N) is 2. The van der Waals surface area contributed by atoms with Gasteiger partial charge in [0.1, 0.15) is 0 Å². The van der Waals surface area contributed by atoms with Crippen molar-refractivity contribution in [1.82, 2.24) is 10.6 Å². The van der Waals surface area contributed by atoms with E-state index in [9.17, 15) is 14.5 Å². The molecule has 8 nitrogen and oxygen atoms in total. The van der Waals surface area contributed by atoms with Crippen molar-refractivity contribution < 1.29 is 18.8 Å². The summed E-state index contributed by atoms with van der Waals surface area (Å²) in [5.41, 5.74) is 1.63. The third-order valence-corrected chi connectivity index (χ3v) is 5.12. The zero-order valence-electron chi connectivity index (χ0n) is 18.0. The minimum Gasteiger partial charge on any atom is -0.494 e. The van der Waals surface area contributed by atoms with Gasteiger partial charge in [-0.15, -0.1) is 24.0 Å². The lowest BCUT2D eigenvalue weighted by molar-refractivity contribution is -0.384. The van der Waals surface area contributed by atoms with E-state index in [0.717, 1.165) is 30.6 Å². The summed E-state index contributed by atoms with van der Waals surface area (Å²) < 4.78 is 24.7. The fourth-order valence-corrected chi connectivity index (χ4v) is 3.30. The standard InChI is InChI=1S/C22H27FN4O4.HI/c1-15(17-7-10-21(30-2)20(23)12-17)26-22(25-14-19-4-3-11-31-19)24-13-16-5-8-18(9-6-16)27(28)29;/h5-10,12,15,19H,3-4,11,13-14H2,1-2H3,(H2,24,25,26);1H. The number of halogens is 2. The molecule has 3 rings (SSSR count). The van der Waals surface area contributed by atoms with E-state index in [1.54, 1.807) is 24.3 Å². The van der Waals surface area contributed by atoms with Crippen LogP contribution in [0.3, 0.4) is 0 Å². The number of methoxy groups -OCH3 is 1. The molecule has 2 N–H and O–H groups in total. The van der Waals surface area contributed by atoms with E-state index < -0.39 is 10.7 Å². The van der Waals surface area contributed by atoms with E-state index in [4.69, 9.17) is 9.47 Å². The highest BCUT2D eigenvalue weighted by atomic mass is 127. The summed E-state index contributed by atoms with van der Waals surface area (Å²) in [5.74, 6) is 0.322. The van der Waals surface area contributed by atoms with Gasteiger partial charge in [0.25, 0.3) is 5.69 Å². The van der Waals surface area contributed by atoms with Crippen molar-refractivity contribution in [3.8, 4) is 5.75 Å². The molecule has 0 saturated carbocycles. The predicted octanol–water partition coefficient (Wildman–Crippen LogP) is 4.34. The van der Waals surface area contributed by atoms with Crippen LogP contribution in [-0.2, 0) is 11.3 Å². The third kappa shape index (κ3) is 7.30. The molecule has 0 bridgehead atoms. The number of nitro groups is 1. The maximum absolute atomic E-state index is 14.1. The first-order chi connectivity index (χ1) is 15.0. The van der Waals surface area contributed by atoms with Crippen LogP contribution in [0.2, 0.25) is 0 Å². The Morgan fingerprint density at radius 1 is 1.34 bits per heavy atom. The third-order valence-electron chi connectivity index (χ3n) is 5.12. The number of benzene rings is 2. The van der Waals surface area contributed by atoms with Crippen LogP contribution in [0.1, 0.15) is 36.9 Å². The smallest absolute Gasteiger partial charge is 0.269 e. The number of nitrogens with zero attached hydrogens (tertiary/aromatic N) is 2. The summed E-state index contributed by atoms with van der Waals surface area (Å²) in [4.78, 5) is 15.0.